The monoisotopic (exact) mass is 338 g/mol. The molecule has 0 bridgehead atoms. The summed E-state index contributed by atoms with van der Waals surface area (Å²) in [6.07, 6.45) is 0.438. The zero-order valence-electron chi connectivity index (χ0n) is 11.6. The molecule has 0 aliphatic rings. The Kier molecular flexibility index (Phi) is 5.94. The average molecular weight is 339 g/mol. The Balaban J connectivity index is 3.32. The number of anilines is 1. The fourth-order valence-electron chi connectivity index (χ4n) is 1.65. The Morgan fingerprint density at radius 1 is 1.48 bits per heavy atom. The number of ether oxygens (including phenoxy) is 1. The number of methoxy groups -OCH3 is 1. The third-order valence-corrected chi connectivity index (χ3v) is 4.76. The second kappa shape index (κ2) is 7.06. The van der Waals surface area contributed by atoms with E-state index in [1.165, 1.54) is 0 Å². The van der Waals surface area contributed by atoms with E-state index in [2.05, 4.69) is 4.74 Å². The van der Waals surface area contributed by atoms with Crippen LogP contribution < -0.4 is 5.73 Å². The van der Waals surface area contributed by atoms with E-state index < -0.39 is 38.3 Å². The first-order chi connectivity index (χ1) is 9.73. The average Bonchev–Trinajstić information content (AvgIpc) is 2.41. The van der Waals surface area contributed by atoms with Crippen LogP contribution in [0.5, 0.6) is 0 Å². The van der Waals surface area contributed by atoms with E-state index in [0.717, 1.165) is 23.5 Å². The van der Waals surface area contributed by atoms with Gasteiger partial charge >= 0.3 is 5.97 Å². The molecule has 6 nitrogen and oxygen atoms in total. The summed E-state index contributed by atoms with van der Waals surface area (Å²) in [5.74, 6) is -1.85. The topological polar surface area (TPSA) is 89.7 Å². The summed E-state index contributed by atoms with van der Waals surface area (Å²) in [6, 6.07) is 2.08. The third kappa shape index (κ3) is 4.05. The minimum Gasteiger partial charge on any atom is -0.468 e. The van der Waals surface area contributed by atoms with E-state index >= 15 is 0 Å². The van der Waals surface area contributed by atoms with Crippen molar-refractivity contribution in [2.75, 3.05) is 25.9 Å². The molecule has 21 heavy (non-hydrogen) atoms. The molecule has 0 atom stereocenters. The van der Waals surface area contributed by atoms with Crippen LogP contribution in [0.1, 0.15) is 13.3 Å². The number of esters is 1. The van der Waals surface area contributed by atoms with Crippen molar-refractivity contribution in [1.29, 1.82) is 0 Å². The smallest absolute Gasteiger partial charge is 0.321 e. The molecule has 0 heterocycles. The Morgan fingerprint density at radius 2 is 2.10 bits per heavy atom. The molecule has 0 spiro atoms. The van der Waals surface area contributed by atoms with Crippen LogP contribution >= 0.6 is 11.6 Å². The van der Waals surface area contributed by atoms with Gasteiger partial charge < -0.3 is 10.5 Å². The number of carbonyl (C=O) groups is 1. The molecule has 1 aromatic carbocycles. The van der Waals surface area contributed by atoms with Crippen LogP contribution in [-0.2, 0) is 19.6 Å². The van der Waals surface area contributed by atoms with Gasteiger partial charge in [-0.3, -0.25) is 4.79 Å². The number of carbonyl (C=O) groups excluding carboxylic acids is 1. The molecule has 2 N–H and O–H groups in total. The highest BCUT2D eigenvalue weighted by Gasteiger charge is 2.30. The summed E-state index contributed by atoms with van der Waals surface area (Å²) in [6.45, 7) is 1.24. The van der Waals surface area contributed by atoms with Crippen molar-refractivity contribution in [1.82, 2.24) is 4.31 Å². The van der Waals surface area contributed by atoms with Crippen molar-refractivity contribution in [2.24, 2.45) is 0 Å². The predicted molar refractivity (Wildman–Crippen MR) is 76.9 cm³/mol. The number of nitrogens with zero attached hydrogens (tertiary/aromatic N) is 1. The Morgan fingerprint density at radius 3 is 2.62 bits per heavy atom. The molecular formula is C12H16ClFN2O4S. The number of halogens is 2. The van der Waals surface area contributed by atoms with Crippen LogP contribution in [0.25, 0.3) is 0 Å². The van der Waals surface area contributed by atoms with Crippen LogP contribution in [0.3, 0.4) is 0 Å². The van der Waals surface area contributed by atoms with Crippen molar-refractivity contribution in [3.8, 4) is 0 Å². The van der Waals surface area contributed by atoms with E-state index in [0.29, 0.717) is 6.42 Å². The van der Waals surface area contributed by atoms with Crippen molar-refractivity contribution >= 4 is 33.3 Å². The lowest BCUT2D eigenvalue weighted by molar-refractivity contribution is -0.140. The van der Waals surface area contributed by atoms with Gasteiger partial charge in [0.25, 0.3) is 0 Å². The van der Waals surface area contributed by atoms with Crippen molar-refractivity contribution in [2.45, 2.75) is 18.2 Å². The lowest BCUT2D eigenvalue weighted by Crippen LogP contribution is -2.37. The third-order valence-electron chi connectivity index (χ3n) is 2.64. The second-order valence-corrected chi connectivity index (χ2v) is 6.54. The summed E-state index contributed by atoms with van der Waals surface area (Å²) < 4.78 is 44.2. The van der Waals surface area contributed by atoms with Gasteiger partial charge in [-0.15, -0.1) is 0 Å². The normalized spacial score (nSPS) is 11.7. The lowest BCUT2D eigenvalue weighted by Gasteiger charge is -2.21. The quantitative estimate of drug-likeness (QED) is 0.629. The van der Waals surface area contributed by atoms with E-state index in [-0.39, 0.29) is 12.2 Å². The maximum atomic E-state index is 14.0. The first-order valence-electron chi connectivity index (χ1n) is 6.05. The highest BCUT2D eigenvalue weighted by Crippen LogP contribution is 2.28. The van der Waals surface area contributed by atoms with E-state index in [1.54, 1.807) is 6.92 Å². The molecule has 1 aromatic rings. The van der Waals surface area contributed by atoms with Gasteiger partial charge in [-0.25, -0.2) is 12.8 Å². The number of hydrogen-bond acceptors (Lipinski definition) is 5. The van der Waals surface area contributed by atoms with Crippen LogP contribution in [-0.4, -0.2) is 38.9 Å². The maximum Gasteiger partial charge on any atom is 0.321 e. The van der Waals surface area contributed by atoms with E-state index in [4.69, 9.17) is 17.3 Å². The van der Waals surface area contributed by atoms with Gasteiger partial charge in [-0.05, 0) is 18.6 Å². The molecule has 0 amide bonds. The number of hydrogen-bond donors (Lipinski definition) is 1. The summed E-state index contributed by atoms with van der Waals surface area (Å²) in [5.41, 5.74) is 5.51. The molecular weight excluding hydrogens is 323 g/mol. The molecule has 0 saturated carbocycles. The minimum atomic E-state index is -4.25. The molecule has 1 rings (SSSR count). The van der Waals surface area contributed by atoms with Gasteiger partial charge in [0.05, 0.1) is 12.1 Å². The SMILES string of the molecule is CCCN(CC(=O)OC)S(=O)(=O)c1cc(N)cc(Cl)c1F. The predicted octanol–water partition coefficient (Wildman–Crippen LogP) is 1.63. The van der Waals surface area contributed by atoms with Crippen LogP contribution in [0.4, 0.5) is 10.1 Å². The molecule has 0 radical (unpaired) electrons. The van der Waals surface area contributed by atoms with Gasteiger partial charge in [-0.1, -0.05) is 18.5 Å². The van der Waals surface area contributed by atoms with E-state index in [1.807, 2.05) is 0 Å². The van der Waals surface area contributed by atoms with Gasteiger partial charge in [0.1, 0.15) is 11.4 Å². The Bertz CT molecular complexity index is 636. The molecule has 0 unspecified atom stereocenters. The largest absolute Gasteiger partial charge is 0.468 e. The molecule has 0 saturated heterocycles. The number of nitrogens with two attached hydrogens (primary N) is 1. The van der Waals surface area contributed by atoms with Gasteiger partial charge in [-0.2, -0.15) is 4.31 Å². The van der Waals surface area contributed by atoms with Crippen LogP contribution in [0, 0.1) is 5.82 Å². The molecule has 0 aliphatic heterocycles. The first kappa shape index (κ1) is 17.7. The number of benzene rings is 1. The van der Waals surface area contributed by atoms with Gasteiger partial charge in [0, 0.05) is 12.2 Å². The van der Waals surface area contributed by atoms with Crippen molar-refractivity contribution in [3.05, 3.63) is 23.0 Å². The molecule has 0 aliphatic carbocycles. The van der Waals surface area contributed by atoms with Gasteiger partial charge in [0.2, 0.25) is 10.0 Å². The summed E-state index contributed by atoms with van der Waals surface area (Å²) in [7, 11) is -3.12. The molecule has 118 valence electrons. The van der Waals surface area contributed by atoms with E-state index in [9.17, 15) is 17.6 Å². The summed E-state index contributed by atoms with van der Waals surface area (Å²) >= 11 is 5.61. The minimum absolute atomic E-state index is 0.00879. The standard InChI is InChI=1S/C12H16ClFN2O4S/c1-3-4-16(7-11(17)20-2)21(18,19)10-6-8(15)5-9(13)12(10)14/h5-6H,3-4,7,15H2,1-2H3. The zero-order chi connectivity index (χ0) is 16.2. The number of nitrogen functional groups attached to an aromatic ring is 1. The Labute approximate surface area is 127 Å². The maximum absolute atomic E-state index is 14.0. The fraction of sp³-hybridized carbons (Fsp3) is 0.417. The number of sulfonamides is 1. The summed E-state index contributed by atoms with van der Waals surface area (Å²) in [5, 5.41) is -0.400. The van der Waals surface area contributed by atoms with Crippen LogP contribution in [0.2, 0.25) is 5.02 Å². The van der Waals surface area contributed by atoms with Crippen molar-refractivity contribution in [3.63, 3.8) is 0 Å². The molecule has 0 fully saturated rings. The summed E-state index contributed by atoms with van der Waals surface area (Å²) in [4.78, 5) is 10.7. The van der Waals surface area contributed by atoms with Crippen LogP contribution in [0.15, 0.2) is 17.0 Å². The Hall–Kier alpha value is -1.38. The lowest BCUT2D eigenvalue weighted by atomic mass is 10.3. The first-order valence-corrected chi connectivity index (χ1v) is 7.87. The zero-order valence-corrected chi connectivity index (χ0v) is 13.2. The highest BCUT2D eigenvalue weighted by atomic mass is 35.5. The molecule has 9 heteroatoms. The second-order valence-electron chi connectivity index (χ2n) is 4.23. The molecule has 0 aromatic heterocycles. The van der Waals surface area contributed by atoms with Gasteiger partial charge in [0.15, 0.2) is 5.82 Å². The van der Waals surface area contributed by atoms with Crippen molar-refractivity contribution < 1.29 is 22.3 Å². The highest BCUT2D eigenvalue weighted by molar-refractivity contribution is 7.89. The fourth-order valence-corrected chi connectivity index (χ4v) is 3.53. The number of rotatable bonds is 6.